The van der Waals surface area contributed by atoms with Gasteiger partial charge in [0.15, 0.2) is 0 Å². The van der Waals surface area contributed by atoms with Crippen LogP contribution in [-0.2, 0) is 0 Å². The van der Waals surface area contributed by atoms with E-state index in [1.807, 2.05) is 37.2 Å². The Morgan fingerprint density at radius 1 is 1.50 bits per heavy atom. The lowest BCUT2D eigenvalue weighted by molar-refractivity contribution is 1.07. The van der Waals surface area contributed by atoms with E-state index >= 15 is 0 Å². The molecule has 64 valence electrons. The van der Waals surface area contributed by atoms with E-state index in [2.05, 4.69) is 20.9 Å². The highest BCUT2D eigenvalue weighted by Gasteiger charge is 1.89. The first kappa shape index (κ1) is 10.9. The third-order valence-electron chi connectivity index (χ3n) is 1.11. The monoisotopic (exact) mass is 227 g/mol. The van der Waals surface area contributed by atoms with Crippen LogP contribution in [0, 0.1) is 10.2 Å². The molecule has 0 aliphatic carbocycles. The van der Waals surface area contributed by atoms with Gasteiger partial charge in [0.2, 0.25) is 0 Å². The molecule has 0 saturated heterocycles. The molecule has 0 radical (unpaired) electrons. The van der Waals surface area contributed by atoms with Crippen LogP contribution in [0.4, 0.5) is 5.82 Å². The molecule has 0 unspecified atom stereocenters. The highest BCUT2D eigenvalue weighted by molar-refractivity contribution is 9.12. The first-order chi connectivity index (χ1) is 5.72. The van der Waals surface area contributed by atoms with E-state index in [1.165, 1.54) is 0 Å². The Kier molecular flexibility index (Phi) is 6.02. The minimum atomic E-state index is 0.998. The fraction of sp³-hybridized carbons (Fsp3) is 0.250. The van der Waals surface area contributed by atoms with Crippen molar-refractivity contribution in [3.05, 3.63) is 24.4 Å². The second kappa shape index (κ2) is 6.62. The molecule has 1 heterocycles. The lowest BCUT2D eigenvalue weighted by Crippen LogP contribution is -2.09. The molecule has 1 rings (SSSR count). The molecule has 0 aliphatic rings. The molecule has 0 aliphatic heterocycles. The summed E-state index contributed by atoms with van der Waals surface area (Å²) in [6.07, 6.45) is 1.79. The summed E-state index contributed by atoms with van der Waals surface area (Å²) in [4.78, 5) is 7.64. The molecule has 0 amide bonds. The number of halogens is 1. The van der Waals surface area contributed by atoms with Crippen molar-refractivity contribution in [3.63, 3.8) is 0 Å². The molecular weight excluding hydrogens is 218 g/mol. The van der Waals surface area contributed by atoms with E-state index < -0.39 is 0 Å². The number of rotatable bonds is 1. The molecular formula is C8H10BrN3. The predicted molar refractivity (Wildman–Crippen MR) is 53.1 cm³/mol. The van der Waals surface area contributed by atoms with Crippen LogP contribution in [-0.4, -0.2) is 19.1 Å². The topological polar surface area (TPSA) is 39.9 Å². The normalized spacial score (nSPS) is 7.50. The van der Waals surface area contributed by atoms with Crippen LogP contribution in [0.5, 0.6) is 0 Å². The fourth-order valence-electron chi connectivity index (χ4n) is 0.618. The summed E-state index contributed by atoms with van der Waals surface area (Å²) in [5, 5.41) is 7.24. The number of nitriles is 1. The Bertz CT molecular complexity index is 240. The quantitative estimate of drug-likeness (QED) is 0.738. The Labute approximate surface area is 80.8 Å². The van der Waals surface area contributed by atoms with Gasteiger partial charge in [-0.2, -0.15) is 5.26 Å². The maximum atomic E-state index is 7.24. The van der Waals surface area contributed by atoms with Crippen molar-refractivity contribution in [2.24, 2.45) is 0 Å². The van der Waals surface area contributed by atoms with Crippen LogP contribution in [0.15, 0.2) is 24.4 Å². The average Bonchev–Trinajstić information content (AvgIpc) is 2.07. The van der Waals surface area contributed by atoms with E-state index in [4.69, 9.17) is 5.26 Å². The summed E-state index contributed by atoms with van der Waals surface area (Å²) in [5.74, 6) is 0.998. The van der Waals surface area contributed by atoms with Gasteiger partial charge in [-0.15, -0.1) is 0 Å². The SMILES string of the molecule is CN(C)c1ccccn1.N#CBr. The number of aromatic nitrogens is 1. The van der Waals surface area contributed by atoms with Crippen LogP contribution >= 0.6 is 15.9 Å². The van der Waals surface area contributed by atoms with Gasteiger partial charge in [-0.3, -0.25) is 0 Å². The Balaban J connectivity index is 0.000000354. The van der Waals surface area contributed by atoms with E-state index in [9.17, 15) is 0 Å². The second-order valence-electron chi connectivity index (χ2n) is 2.17. The Morgan fingerprint density at radius 2 is 2.08 bits per heavy atom. The van der Waals surface area contributed by atoms with Gasteiger partial charge < -0.3 is 4.90 Å². The summed E-state index contributed by atoms with van der Waals surface area (Å²) >= 11 is 2.45. The van der Waals surface area contributed by atoms with Crippen molar-refractivity contribution in [2.45, 2.75) is 0 Å². The maximum Gasteiger partial charge on any atom is 0.142 e. The Hall–Kier alpha value is -1.08. The number of hydrogen-bond donors (Lipinski definition) is 0. The molecule has 1 aromatic rings. The summed E-state index contributed by atoms with van der Waals surface area (Å²) in [5.41, 5.74) is 0. The maximum absolute atomic E-state index is 7.24. The molecule has 0 N–H and O–H groups in total. The zero-order chi connectivity index (χ0) is 9.40. The smallest absolute Gasteiger partial charge is 0.142 e. The van der Waals surface area contributed by atoms with Gasteiger partial charge in [0.25, 0.3) is 0 Å². The number of nitrogens with zero attached hydrogens (tertiary/aromatic N) is 3. The second-order valence-corrected chi connectivity index (χ2v) is 2.52. The van der Waals surface area contributed by atoms with Crippen molar-refractivity contribution in [1.82, 2.24) is 4.98 Å². The lowest BCUT2D eigenvalue weighted by atomic mass is 10.4. The zero-order valence-electron chi connectivity index (χ0n) is 7.03. The number of pyridine rings is 1. The number of hydrogen-bond acceptors (Lipinski definition) is 3. The van der Waals surface area contributed by atoms with E-state index in [0.717, 1.165) is 5.82 Å². The van der Waals surface area contributed by atoms with Crippen LogP contribution in [0.3, 0.4) is 0 Å². The van der Waals surface area contributed by atoms with Crippen molar-refractivity contribution in [1.29, 1.82) is 5.26 Å². The molecule has 0 fully saturated rings. The van der Waals surface area contributed by atoms with Gasteiger partial charge >= 0.3 is 0 Å². The summed E-state index contributed by atoms with van der Waals surface area (Å²) in [6.45, 7) is 0. The van der Waals surface area contributed by atoms with E-state index in [1.54, 1.807) is 11.2 Å². The molecule has 0 bridgehead atoms. The van der Waals surface area contributed by atoms with Crippen molar-refractivity contribution < 1.29 is 0 Å². The number of anilines is 1. The van der Waals surface area contributed by atoms with E-state index in [0.29, 0.717) is 0 Å². The third-order valence-corrected chi connectivity index (χ3v) is 1.11. The highest BCUT2D eigenvalue weighted by Crippen LogP contribution is 2.02. The van der Waals surface area contributed by atoms with Crippen LogP contribution in [0.1, 0.15) is 0 Å². The fourth-order valence-corrected chi connectivity index (χ4v) is 0.618. The van der Waals surface area contributed by atoms with Crippen LogP contribution < -0.4 is 4.90 Å². The predicted octanol–water partition coefficient (Wildman–Crippen LogP) is 2.01. The van der Waals surface area contributed by atoms with Crippen molar-refractivity contribution in [3.8, 4) is 4.98 Å². The first-order valence-corrected chi connectivity index (χ1v) is 4.09. The van der Waals surface area contributed by atoms with Crippen molar-refractivity contribution >= 4 is 21.7 Å². The average molecular weight is 228 g/mol. The minimum absolute atomic E-state index is 0.998. The molecule has 0 aromatic carbocycles. The van der Waals surface area contributed by atoms with Crippen LogP contribution in [0.25, 0.3) is 0 Å². The first-order valence-electron chi connectivity index (χ1n) is 3.30. The third kappa shape index (κ3) is 4.69. The minimum Gasteiger partial charge on any atom is -0.363 e. The molecule has 0 atom stereocenters. The van der Waals surface area contributed by atoms with Gasteiger partial charge in [0.1, 0.15) is 10.8 Å². The molecule has 3 nitrogen and oxygen atoms in total. The molecule has 0 spiro atoms. The van der Waals surface area contributed by atoms with Crippen molar-refractivity contribution in [2.75, 3.05) is 19.0 Å². The largest absolute Gasteiger partial charge is 0.363 e. The van der Waals surface area contributed by atoms with Gasteiger partial charge in [0.05, 0.1) is 0 Å². The lowest BCUT2D eigenvalue weighted by Gasteiger charge is -2.08. The molecule has 1 aromatic heterocycles. The summed E-state index contributed by atoms with van der Waals surface area (Å²) < 4.78 is 0. The van der Waals surface area contributed by atoms with E-state index in [-0.39, 0.29) is 0 Å². The van der Waals surface area contributed by atoms with Gasteiger partial charge in [0, 0.05) is 36.2 Å². The zero-order valence-corrected chi connectivity index (χ0v) is 8.62. The molecule has 4 heteroatoms. The van der Waals surface area contributed by atoms with Gasteiger partial charge in [-0.1, -0.05) is 6.07 Å². The molecule has 12 heavy (non-hydrogen) atoms. The summed E-state index contributed by atoms with van der Waals surface area (Å²) in [7, 11) is 3.95. The van der Waals surface area contributed by atoms with Crippen LogP contribution in [0.2, 0.25) is 0 Å². The summed E-state index contributed by atoms with van der Waals surface area (Å²) in [6, 6.07) is 5.86. The standard InChI is InChI=1S/C7H10N2.CBrN/c1-9(2)7-5-3-4-6-8-7;2-1-3/h3-6H,1-2H3;. The van der Waals surface area contributed by atoms with Gasteiger partial charge in [-0.25, -0.2) is 4.98 Å². The molecule has 0 saturated carbocycles. The van der Waals surface area contributed by atoms with Gasteiger partial charge in [-0.05, 0) is 12.1 Å². The highest BCUT2D eigenvalue weighted by atomic mass is 79.9. The Morgan fingerprint density at radius 3 is 2.33 bits per heavy atom.